The lowest BCUT2D eigenvalue weighted by atomic mass is 10.1. The fourth-order valence-corrected chi connectivity index (χ4v) is 2.88. The number of halogens is 1. The molecule has 23 heavy (non-hydrogen) atoms. The highest BCUT2D eigenvalue weighted by Gasteiger charge is 2.18. The molecule has 0 aromatic carbocycles. The van der Waals surface area contributed by atoms with E-state index >= 15 is 0 Å². The number of anilines is 1. The molecule has 0 aliphatic carbocycles. The van der Waals surface area contributed by atoms with Crippen molar-refractivity contribution in [1.82, 2.24) is 19.7 Å². The zero-order valence-corrected chi connectivity index (χ0v) is 14.3. The highest BCUT2D eigenvalue weighted by molar-refractivity contribution is 6.31. The number of pyridine rings is 1. The van der Waals surface area contributed by atoms with Gasteiger partial charge < -0.3 is 15.0 Å². The van der Waals surface area contributed by atoms with Crippen LogP contribution in [0.1, 0.15) is 18.5 Å². The summed E-state index contributed by atoms with van der Waals surface area (Å²) in [5.74, 6) is 0.684. The summed E-state index contributed by atoms with van der Waals surface area (Å²) in [6, 6.07) is 3.88. The van der Waals surface area contributed by atoms with Gasteiger partial charge in [-0.1, -0.05) is 11.6 Å². The fourth-order valence-electron chi connectivity index (χ4n) is 2.65. The molecule has 124 valence electrons. The number of ether oxygens (including phenoxy) is 1. The van der Waals surface area contributed by atoms with Crippen LogP contribution in [0.25, 0.3) is 0 Å². The van der Waals surface area contributed by atoms with Gasteiger partial charge >= 0.3 is 0 Å². The van der Waals surface area contributed by atoms with Crippen LogP contribution in [0.15, 0.2) is 24.5 Å². The third-order valence-electron chi connectivity index (χ3n) is 4.16. The molecule has 0 unspecified atom stereocenters. The van der Waals surface area contributed by atoms with Crippen molar-refractivity contribution in [3.8, 4) is 5.88 Å². The van der Waals surface area contributed by atoms with E-state index in [9.17, 15) is 0 Å². The highest BCUT2D eigenvalue weighted by atomic mass is 35.5. The number of piperidine rings is 1. The summed E-state index contributed by atoms with van der Waals surface area (Å²) in [6.07, 6.45) is 5.81. The Hall–Kier alpha value is -1.79. The Balaban J connectivity index is 1.53. The first kappa shape index (κ1) is 16.1. The van der Waals surface area contributed by atoms with Crippen LogP contribution in [0.5, 0.6) is 5.88 Å². The number of likely N-dealkylation sites (tertiary alicyclic amines) is 1. The number of aryl methyl sites for hydroxylation is 1. The standard InChI is InChI=1S/C16H22ClN5O/c1-21-7-5-13(6-8-21)23-16-4-3-12(9-19-16)18-11-15-14(17)10-20-22(15)2/h3-4,9-10,13,18H,5-8,11H2,1-2H3. The molecule has 0 spiro atoms. The molecule has 3 heterocycles. The first-order chi connectivity index (χ1) is 11.1. The van der Waals surface area contributed by atoms with Crippen molar-refractivity contribution < 1.29 is 4.74 Å². The van der Waals surface area contributed by atoms with Crippen molar-refractivity contribution in [1.29, 1.82) is 0 Å². The molecule has 0 radical (unpaired) electrons. The minimum atomic E-state index is 0.269. The molecule has 1 aliphatic rings. The lowest BCUT2D eigenvalue weighted by molar-refractivity contribution is 0.110. The fraction of sp³-hybridized carbons (Fsp3) is 0.500. The summed E-state index contributed by atoms with van der Waals surface area (Å²) in [5, 5.41) is 8.08. The zero-order chi connectivity index (χ0) is 16.2. The number of aromatic nitrogens is 3. The van der Waals surface area contributed by atoms with Gasteiger partial charge in [-0.25, -0.2) is 4.98 Å². The van der Waals surface area contributed by atoms with Crippen LogP contribution in [0.2, 0.25) is 5.02 Å². The van der Waals surface area contributed by atoms with Gasteiger partial charge in [0.25, 0.3) is 0 Å². The van der Waals surface area contributed by atoms with Crippen LogP contribution in [-0.4, -0.2) is 45.9 Å². The van der Waals surface area contributed by atoms with E-state index in [4.69, 9.17) is 16.3 Å². The second kappa shape index (κ2) is 7.19. The van der Waals surface area contributed by atoms with Crippen LogP contribution >= 0.6 is 11.6 Å². The summed E-state index contributed by atoms with van der Waals surface area (Å²) in [7, 11) is 4.02. The molecule has 0 atom stereocenters. The predicted octanol–water partition coefficient (Wildman–Crippen LogP) is 2.55. The molecular weight excluding hydrogens is 314 g/mol. The lowest BCUT2D eigenvalue weighted by Gasteiger charge is -2.28. The van der Waals surface area contributed by atoms with Gasteiger partial charge in [-0.3, -0.25) is 4.68 Å². The van der Waals surface area contributed by atoms with Gasteiger partial charge in [0.15, 0.2) is 0 Å². The minimum absolute atomic E-state index is 0.269. The van der Waals surface area contributed by atoms with E-state index in [1.807, 2.05) is 19.2 Å². The maximum Gasteiger partial charge on any atom is 0.213 e. The monoisotopic (exact) mass is 335 g/mol. The Morgan fingerprint density at radius 1 is 1.26 bits per heavy atom. The van der Waals surface area contributed by atoms with E-state index in [1.54, 1.807) is 17.1 Å². The molecule has 0 bridgehead atoms. The molecule has 1 aliphatic heterocycles. The van der Waals surface area contributed by atoms with Crippen molar-refractivity contribution in [3.63, 3.8) is 0 Å². The Labute approximate surface area is 141 Å². The van der Waals surface area contributed by atoms with Crippen LogP contribution in [-0.2, 0) is 13.6 Å². The molecule has 0 saturated carbocycles. The Morgan fingerprint density at radius 2 is 2.04 bits per heavy atom. The quantitative estimate of drug-likeness (QED) is 0.910. The van der Waals surface area contributed by atoms with Crippen molar-refractivity contribution >= 4 is 17.3 Å². The average molecular weight is 336 g/mol. The van der Waals surface area contributed by atoms with E-state index in [0.717, 1.165) is 37.3 Å². The molecule has 1 N–H and O–H groups in total. The minimum Gasteiger partial charge on any atom is -0.474 e. The summed E-state index contributed by atoms with van der Waals surface area (Å²) < 4.78 is 7.71. The van der Waals surface area contributed by atoms with Crippen molar-refractivity contribution in [3.05, 3.63) is 35.2 Å². The molecule has 2 aromatic heterocycles. The number of nitrogens with one attached hydrogen (secondary N) is 1. The largest absolute Gasteiger partial charge is 0.474 e. The van der Waals surface area contributed by atoms with Crippen molar-refractivity contribution in [2.24, 2.45) is 7.05 Å². The van der Waals surface area contributed by atoms with Gasteiger partial charge in [-0.2, -0.15) is 5.10 Å². The molecule has 1 saturated heterocycles. The highest BCUT2D eigenvalue weighted by Crippen LogP contribution is 2.19. The van der Waals surface area contributed by atoms with Gasteiger partial charge in [0.2, 0.25) is 5.88 Å². The zero-order valence-electron chi connectivity index (χ0n) is 13.5. The number of hydrogen-bond acceptors (Lipinski definition) is 5. The van der Waals surface area contributed by atoms with Crippen LogP contribution in [0, 0.1) is 0 Å². The number of hydrogen-bond donors (Lipinski definition) is 1. The van der Waals surface area contributed by atoms with Gasteiger partial charge in [-0.15, -0.1) is 0 Å². The van der Waals surface area contributed by atoms with Crippen molar-refractivity contribution in [2.75, 3.05) is 25.5 Å². The lowest BCUT2D eigenvalue weighted by Crippen LogP contribution is -2.35. The van der Waals surface area contributed by atoms with Gasteiger partial charge in [0, 0.05) is 26.2 Å². The topological polar surface area (TPSA) is 55.2 Å². The van der Waals surface area contributed by atoms with E-state index in [1.165, 1.54) is 0 Å². The second-order valence-electron chi connectivity index (χ2n) is 5.92. The maximum atomic E-state index is 6.09. The Morgan fingerprint density at radius 3 is 2.65 bits per heavy atom. The molecule has 6 nitrogen and oxygen atoms in total. The SMILES string of the molecule is CN1CCC(Oc2ccc(NCc3c(Cl)cnn3C)cn2)CC1. The third-order valence-corrected chi connectivity index (χ3v) is 4.48. The molecule has 0 amide bonds. The molecule has 3 rings (SSSR count). The summed E-state index contributed by atoms with van der Waals surface area (Å²) in [6.45, 7) is 2.76. The first-order valence-electron chi connectivity index (χ1n) is 7.83. The van der Waals surface area contributed by atoms with E-state index < -0.39 is 0 Å². The molecular formula is C16H22ClN5O. The summed E-state index contributed by atoms with van der Waals surface area (Å²) in [4.78, 5) is 6.71. The van der Waals surface area contributed by atoms with Gasteiger partial charge in [0.1, 0.15) is 6.10 Å². The van der Waals surface area contributed by atoms with E-state index in [2.05, 4.69) is 27.3 Å². The van der Waals surface area contributed by atoms with E-state index in [-0.39, 0.29) is 6.10 Å². The van der Waals surface area contributed by atoms with Crippen LogP contribution in [0.3, 0.4) is 0 Å². The Bertz CT molecular complexity index is 615. The second-order valence-corrected chi connectivity index (χ2v) is 6.33. The third kappa shape index (κ3) is 4.14. The number of nitrogens with zero attached hydrogens (tertiary/aromatic N) is 4. The van der Waals surface area contributed by atoms with E-state index in [0.29, 0.717) is 17.4 Å². The van der Waals surface area contributed by atoms with Gasteiger partial charge in [-0.05, 0) is 26.0 Å². The smallest absolute Gasteiger partial charge is 0.213 e. The summed E-state index contributed by atoms with van der Waals surface area (Å²) in [5.41, 5.74) is 1.87. The predicted molar refractivity (Wildman–Crippen MR) is 90.9 cm³/mol. The average Bonchev–Trinajstić information content (AvgIpc) is 2.88. The van der Waals surface area contributed by atoms with Gasteiger partial charge in [0.05, 0.1) is 35.3 Å². The van der Waals surface area contributed by atoms with Crippen LogP contribution < -0.4 is 10.1 Å². The Kier molecular flexibility index (Phi) is 5.03. The first-order valence-corrected chi connectivity index (χ1v) is 8.21. The van der Waals surface area contributed by atoms with Crippen LogP contribution in [0.4, 0.5) is 5.69 Å². The molecule has 1 fully saturated rings. The molecule has 2 aromatic rings. The maximum absolute atomic E-state index is 6.09. The summed E-state index contributed by atoms with van der Waals surface area (Å²) >= 11 is 6.09. The number of rotatable bonds is 5. The van der Waals surface area contributed by atoms with Crippen molar-refractivity contribution in [2.45, 2.75) is 25.5 Å². The normalized spacial score (nSPS) is 16.5. The molecule has 7 heteroatoms.